The molecular formula is C20H26FIN4O. The summed E-state index contributed by atoms with van der Waals surface area (Å²) in [5.41, 5.74) is 1.54. The summed E-state index contributed by atoms with van der Waals surface area (Å²) in [6.45, 7) is 1.81. The minimum absolute atomic E-state index is 0. The fourth-order valence-electron chi connectivity index (χ4n) is 2.55. The van der Waals surface area contributed by atoms with Gasteiger partial charge in [-0.05, 0) is 36.2 Å². The quantitative estimate of drug-likeness (QED) is 0.275. The molecule has 1 amide bonds. The minimum Gasteiger partial charge on any atom is -0.356 e. The molecule has 0 spiro atoms. The van der Waals surface area contributed by atoms with Crippen molar-refractivity contribution in [3.63, 3.8) is 0 Å². The molecule has 2 N–H and O–H groups in total. The van der Waals surface area contributed by atoms with Gasteiger partial charge in [0.2, 0.25) is 0 Å². The van der Waals surface area contributed by atoms with E-state index in [1.807, 2.05) is 36.2 Å². The van der Waals surface area contributed by atoms with E-state index in [1.54, 1.807) is 25.2 Å². The van der Waals surface area contributed by atoms with Crippen LogP contribution in [0.2, 0.25) is 0 Å². The molecular weight excluding hydrogens is 458 g/mol. The largest absolute Gasteiger partial charge is 0.356 e. The highest BCUT2D eigenvalue weighted by Crippen LogP contribution is 2.06. The zero-order chi connectivity index (χ0) is 18.8. The molecule has 0 radical (unpaired) electrons. The van der Waals surface area contributed by atoms with E-state index >= 15 is 0 Å². The van der Waals surface area contributed by atoms with Gasteiger partial charge < -0.3 is 15.5 Å². The number of carbonyl (C=O) groups excluding carboxylic acids is 1. The fraction of sp³-hybridized carbons (Fsp3) is 0.300. The van der Waals surface area contributed by atoms with Crippen LogP contribution in [0.5, 0.6) is 0 Å². The number of amides is 1. The van der Waals surface area contributed by atoms with E-state index in [1.165, 1.54) is 12.1 Å². The third-order valence-electron chi connectivity index (χ3n) is 3.84. The van der Waals surface area contributed by atoms with Gasteiger partial charge >= 0.3 is 0 Å². The molecule has 2 aromatic rings. The van der Waals surface area contributed by atoms with Crippen molar-refractivity contribution in [1.29, 1.82) is 0 Å². The normalized spacial score (nSPS) is 10.7. The predicted molar refractivity (Wildman–Crippen MR) is 118 cm³/mol. The van der Waals surface area contributed by atoms with Crippen molar-refractivity contribution in [3.05, 3.63) is 71.5 Å². The fourth-order valence-corrected chi connectivity index (χ4v) is 2.55. The van der Waals surface area contributed by atoms with Gasteiger partial charge in [0.1, 0.15) is 5.82 Å². The van der Waals surface area contributed by atoms with E-state index in [0.717, 1.165) is 17.9 Å². The number of halogens is 2. The van der Waals surface area contributed by atoms with Crippen molar-refractivity contribution in [2.24, 2.45) is 4.99 Å². The molecule has 0 saturated carbocycles. The van der Waals surface area contributed by atoms with Crippen LogP contribution in [0.15, 0.2) is 59.6 Å². The molecule has 0 saturated heterocycles. The molecule has 146 valence electrons. The monoisotopic (exact) mass is 484 g/mol. The summed E-state index contributed by atoms with van der Waals surface area (Å²) in [6.07, 6.45) is 0.769. The molecule has 2 aromatic carbocycles. The number of hydrogen-bond acceptors (Lipinski definition) is 2. The van der Waals surface area contributed by atoms with E-state index in [4.69, 9.17) is 0 Å². The molecule has 0 heterocycles. The second kappa shape index (κ2) is 12.3. The third kappa shape index (κ3) is 7.94. The first kappa shape index (κ1) is 22.9. The molecule has 0 aliphatic rings. The Morgan fingerprint density at radius 2 is 1.78 bits per heavy atom. The topological polar surface area (TPSA) is 56.7 Å². The van der Waals surface area contributed by atoms with Crippen LogP contribution in [0.1, 0.15) is 22.3 Å². The Labute approximate surface area is 177 Å². The van der Waals surface area contributed by atoms with Crippen molar-refractivity contribution < 1.29 is 9.18 Å². The summed E-state index contributed by atoms with van der Waals surface area (Å²) in [5, 5.41) is 6.14. The zero-order valence-corrected chi connectivity index (χ0v) is 17.9. The Balaban J connectivity index is 0.00000364. The number of nitrogens with zero attached hydrogens (tertiary/aromatic N) is 2. The Hall–Kier alpha value is -2.16. The van der Waals surface area contributed by atoms with Gasteiger partial charge in [-0.25, -0.2) is 4.39 Å². The number of rotatable bonds is 7. The van der Waals surface area contributed by atoms with Crippen LogP contribution in [0.25, 0.3) is 0 Å². The molecule has 5 nitrogen and oxygen atoms in total. The lowest BCUT2D eigenvalue weighted by Crippen LogP contribution is -2.39. The first-order valence-electron chi connectivity index (χ1n) is 8.59. The second-order valence-electron chi connectivity index (χ2n) is 5.94. The van der Waals surface area contributed by atoms with E-state index < -0.39 is 0 Å². The Morgan fingerprint density at radius 1 is 1.07 bits per heavy atom. The van der Waals surface area contributed by atoms with Crippen LogP contribution in [0.4, 0.5) is 4.39 Å². The highest BCUT2D eigenvalue weighted by molar-refractivity contribution is 14.0. The summed E-state index contributed by atoms with van der Waals surface area (Å²) >= 11 is 0. The van der Waals surface area contributed by atoms with Crippen LogP contribution in [-0.2, 0) is 6.54 Å². The number of carbonyl (C=O) groups is 1. The lowest BCUT2D eigenvalue weighted by atomic mass is 10.2. The summed E-state index contributed by atoms with van der Waals surface area (Å²) < 4.78 is 13.3. The number of aliphatic imine (C=N–C) groups is 1. The van der Waals surface area contributed by atoms with Gasteiger partial charge in [-0.1, -0.05) is 30.3 Å². The maximum absolute atomic E-state index is 13.3. The first-order chi connectivity index (χ1) is 12.6. The number of benzene rings is 2. The molecule has 0 bridgehead atoms. The van der Waals surface area contributed by atoms with Crippen molar-refractivity contribution in [2.45, 2.75) is 13.0 Å². The molecule has 0 unspecified atom stereocenters. The number of guanidine groups is 1. The highest BCUT2D eigenvalue weighted by Gasteiger charge is 2.07. The smallest absolute Gasteiger partial charge is 0.251 e. The minimum atomic E-state index is -0.243. The summed E-state index contributed by atoms with van der Waals surface area (Å²) in [5.74, 6) is 0.412. The molecule has 2 rings (SSSR count). The van der Waals surface area contributed by atoms with E-state index in [0.29, 0.717) is 25.2 Å². The first-order valence-corrected chi connectivity index (χ1v) is 8.59. The van der Waals surface area contributed by atoms with Gasteiger partial charge in [-0.2, -0.15) is 0 Å². The molecule has 0 fully saturated rings. The Morgan fingerprint density at radius 3 is 2.44 bits per heavy atom. The van der Waals surface area contributed by atoms with E-state index in [2.05, 4.69) is 15.6 Å². The van der Waals surface area contributed by atoms with Crippen molar-refractivity contribution in [3.8, 4) is 0 Å². The lowest BCUT2D eigenvalue weighted by Gasteiger charge is -2.22. The van der Waals surface area contributed by atoms with Gasteiger partial charge in [0.05, 0.1) is 0 Å². The average Bonchev–Trinajstić information content (AvgIpc) is 2.65. The lowest BCUT2D eigenvalue weighted by molar-refractivity contribution is 0.0953. The van der Waals surface area contributed by atoms with Crippen LogP contribution in [-0.4, -0.2) is 44.0 Å². The average molecular weight is 484 g/mol. The standard InChI is InChI=1S/C20H25FN4O.HI/c1-22-20(25(2)15-16-8-6-11-18(21)14-16)24-13-7-12-23-19(26)17-9-4-3-5-10-17;/h3-6,8-11,14H,7,12-13,15H2,1-2H3,(H,22,24)(H,23,26);1H. The van der Waals surface area contributed by atoms with Gasteiger partial charge in [0, 0.05) is 39.3 Å². The second-order valence-corrected chi connectivity index (χ2v) is 5.94. The SMILES string of the molecule is CN=C(NCCCNC(=O)c1ccccc1)N(C)Cc1cccc(F)c1.I. The zero-order valence-electron chi connectivity index (χ0n) is 15.6. The summed E-state index contributed by atoms with van der Waals surface area (Å²) in [4.78, 5) is 18.1. The summed E-state index contributed by atoms with van der Waals surface area (Å²) in [6, 6.07) is 15.7. The van der Waals surface area contributed by atoms with Gasteiger partial charge in [0.15, 0.2) is 5.96 Å². The third-order valence-corrected chi connectivity index (χ3v) is 3.84. The van der Waals surface area contributed by atoms with Gasteiger partial charge in [-0.3, -0.25) is 9.79 Å². The van der Waals surface area contributed by atoms with Gasteiger partial charge in [0.25, 0.3) is 5.91 Å². The molecule has 0 aliphatic heterocycles. The maximum Gasteiger partial charge on any atom is 0.251 e. The highest BCUT2D eigenvalue weighted by atomic mass is 127. The molecule has 7 heteroatoms. The van der Waals surface area contributed by atoms with Crippen molar-refractivity contribution in [2.75, 3.05) is 27.2 Å². The van der Waals surface area contributed by atoms with Crippen molar-refractivity contribution >= 4 is 35.8 Å². The van der Waals surface area contributed by atoms with Crippen LogP contribution in [0, 0.1) is 5.82 Å². The number of nitrogens with one attached hydrogen (secondary N) is 2. The van der Waals surface area contributed by atoms with Crippen LogP contribution < -0.4 is 10.6 Å². The predicted octanol–water partition coefficient (Wildman–Crippen LogP) is 3.27. The molecule has 0 aliphatic carbocycles. The van der Waals surface area contributed by atoms with Crippen LogP contribution in [0.3, 0.4) is 0 Å². The maximum atomic E-state index is 13.3. The van der Waals surface area contributed by atoms with E-state index in [9.17, 15) is 9.18 Å². The molecule has 27 heavy (non-hydrogen) atoms. The van der Waals surface area contributed by atoms with Gasteiger partial charge in [-0.15, -0.1) is 24.0 Å². The summed E-state index contributed by atoms with van der Waals surface area (Å²) in [7, 11) is 3.61. The van der Waals surface area contributed by atoms with Crippen molar-refractivity contribution in [1.82, 2.24) is 15.5 Å². The Bertz CT molecular complexity index is 740. The van der Waals surface area contributed by atoms with E-state index in [-0.39, 0.29) is 35.7 Å². The number of hydrogen-bond donors (Lipinski definition) is 2. The molecule has 0 aromatic heterocycles. The Kier molecular flexibility index (Phi) is 10.4. The van der Waals surface area contributed by atoms with Crippen LogP contribution >= 0.6 is 24.0 Å². The molecule has 0 atom stereocenters.